The first kappa shape index (κ1) is 22.1. The molecule has 2 fully saturated rings. The molecular weight excluding hydrogens is 386 g/mol. The SMILES string of the molecule is COC(=O)C1CC(N(C)C)CCC1N1CC[C@H](NC(=O)OCc2ccccc2)C1=O. The van der Waals surface area contributed by atoms with Gasteiger partial charge in [0.1, 0.15) is 12.6 Å². The molecule has 4 atom stereocenters. The van der Waals surface area contributed by atoms with E-state index in [0.29, 0.717) is 19.4 Å². The van der Waals surface area contributed by atoms with Gasteiger partial charge >= 0.3 is 12.1 Å². The Kier molecular flexibility index (Phi) is 7.31. The molecule has 1 heterocycles. The average molecular weight is 418 g/mol. The Morgan fingerprint density at radius 3 is 2.57 bits per heavy atom. The minimum Gasteiger partial charge on any atom is -0.469 e. The van der Waals surface area contributed by atoms with Crippen LogP contribution in [0.3, 0.4) is 0 Å². The van der Waals surface area contributed by atoms with Gasteiger partial charge < -0.3 is 24.6 Å². The van der Waals surface area contributed by atoms with Crippen LogP contribution in [0.5, 0.6) is 0 Å². The van der Waals surface area contributed by atoms with E-state index >= 15 is 0 Å². The van der Waals surface area contributed by atoms with E-state index in [-0.39, 0.29) is 36.5 Å². The number of nitrogens with one attached hydrogen (secondary N) is 1. The predicted molar refractivity (Wildman–Crippen MR) is 111 cm³/mol. The van der Waals surface area contributed by atoms with Crippen LogP contribution < -0.4 is 5.32 Å². The lowest BCUT2D eigenvalue weighted by Crippen LogP contribution is -2.52. The molecule has 1 aliphatic carbocycles. The molecule has 30 heavy (non-hydrogen) atoms. The van der Waals surface area contributed by atoms with Gasteiger partial charge in [-0.05, 0) is 45.3 Å². The molecule has 0 spiro atoms. The molecule has 1 N–H and O–H groups in total. The van der Waals surface area contributed by atoms with E-state index < -0.39 is 12.1 Å². The van der Waals surface area contributed by atoms with Gasteiger partial charge in [0.15, 0.2) is 0 Å². The van der Waals surface area contributed by atoms with Gasteiger partial charge in [-0.3, -0.25) is 9.59 Å². The van der Waals surface area contributed by atoms with Gasteiger partial charge in [0, 0.05) is 18.6 Å². The molecule has 1 aromatic rings. The van der Waals surface area contributed by atoms with Crippen molar-refractivity contribution in [1.82, 2.24) is 15.1 Å². The van der Waals surface area contributed by atoms with Crippen LogP contribution in [-0.4, -0.2) is 73.6 Å². The highest BCUT2D eigenvalue weighted by Crippen LogP contribution is 2.33. The van der Waals surface area contributed by atoms with E-state index in [1.165, 1.54) is 7.11 Å². The summed E-state index contributed by atoms with van der Waals surface area (Å²) in [6.07, 6.45) is 2.19. The average Bonchev–Trinajstić information content (AvgIpc) is 3.11. The zero-order valence-electron chi connectivity index (χ0n) is 17.9. The highest BCUT2D eigenvalue weighted by Gasteiger charge is 2.45. The fraction of sp³-hybridized carbons (Fsp3) is 0.591. The summed E-state index contributed by atoms with van der Waals surface area (Å²) in [6, 6.07) is 8.83. The Labute approximate surface area is 177 Å². The molecular formula is C22H31N3O5. The molecule has 8 heteroatoms. The number of ether oxygens (including phenoxy) is 2. The van der Waals surface area contributed by atoms with Gasteiger partial charge in [0.25, 0.3) is 0 Å². The van der Waals surface area contributed by atoms with Gasteiger partial charge in [-0.25, -0.2) is 4.79 Å². The van der Waals surface area contributed by atoms with Crippen molar-refractivity contribution in [2.45, 2.75) is 50.4 Å². The maximum absolute atomic E-state index is 13.0. The van der Waals surface area contributed by atoms with Crippen molar-refractivity contribution in [3.05, 3.63) is 35.9 Å². The fourth-order valence-electron chi connectivity index (χ4n) is 4.45. The van der Waals surface area contributed by atoms with Crippen molar-refractivity contribution < 1.29 is 23.9 Å². The first-order chi connectivity index (χ1) is 14.4. The molecule has 1 aliphatic heterocycles. The van der Waals surface area contributed by atoms with Crippen molar-refractivity contribution in [1.29, 1.82) is 0 Å². The molecule has 0 bridgehead atoms. The van der Waals surface area contributed by atoms with E-state index in [0.717, 1.165) is 18.4 Å². The maximum Gasteiger partial charge on any atom is 0.408 e. The molecule has 3 rings (SSSR count). The van der Waals surface area contributed by atoms with Crippen LogP contribution in [0.1, 0.15) is 31.2 Å². The summed E-state index contributed by atoms with van der Waals surface area (Å²) in [5.41, 5.74) is 0.880. The molecule has 8 nitrogen and oxygen atoms in total. The number of hydrogen-bond acceptors (Lipinski definition) is 6. The molecule has 1 aromatic carbocycles. The van der Waals surface area contributed by atoms with Crippen LogP contribution in [0, 0.1) is 5.92 Å². The third-order valence-corrected chi connectivity index (χ3v) is 6.17. The van der Waals surface area contributed by atoms with Crippen molar-refractivity contribution >= 4 is 18.0 Å². The second-order valence-electron chi connectivity index (χ2n) is 8.21. The highest BCUT2D eigenvalue weighted by atomic mass is 16.5. The summed E-state index contributed by atoms with van der Waals surface area (Å²) in [5, 5.41) is 2.68. The monoisotopic (exact) mass is 417 g/mol. The lowest BCUT2D eigenvalue weighted by Gasteiger charge is -2.41. The van der Waals surface area contributed by atoms with Crippen LogP contribution in [0.25, 0.3) is 0 Å². The third-order valence-electron chi connectivity index (χ3n) is 6.17. The number of amides is 2. The quantitative estimate of drug-likeness (QED) is 0.710. The first-order valence-electron chi connectivity index (χ1n) is 10.4. The Morgan fingerprint density at radius 1 is 1.17 bits per heavy atom. The largest absolute Gasteiger partial charge is 0.469 e. The molecule has 2 amide bonds. The third kappa shape index (κ3) is 5.11. The van der Waals surface area contributed by atoms with Crippen LogP contribution in [0.4, 0.5) is 4.79 Å². The minimum atomic E-state index is -0.627. The number of esters is 1. The predicted octanol–water partition coefficient (Wildman–Crippen LogP) is 1.79. The standard InChI is InChI=1S/C22H31N3O5/c1-24(2)16-9-10-19(17(13-16)21(27)29-3)25-12-11-18(20(25)26)23-22(28)30-14-15-7-5-4-6-8-15/h4-8,16-19H,9-14H2,1-3H3,(H,23,28)/t16?,17?,18-,19?/m0/s1. The number of carbonyl (C=O) groups excluding carboxylic acids is 3. The Hall–Kier alpha value is -2.61. The Balaban J connectivity index is 1.58. The number of nitrogens with zero attached hydrogens (tertiary/aromatic N) is 2. The lowest BCUT2D eigenvalue weighted by atomic mass is 9.80. The Morgan fingerprint density at radius 2 is 1.90 bits per heavy atom. The van der Waals surface area contributed by atoms with Crippen molar-refractivity contribution in [2.24, 2.45) is 5.92 Å². The lowest BCUT2D eigenvalue weighted by molar-refractivity contribution is -0.152. The van der Waals surface area contributed by atoms with Gasteiger partial charge in [-0.15, -0.1) is 0 Å². The van der Waals surface area contributed by atoms with E-state index in [2.05, 4.69) is 10.2 Å². The number of benzene rings is 1. The fourth-order valence-corrected chi connectivity index (χ4v) is 4.45. The van der Waals surface area contributed by atoms with Gasteiger partial charge in [0.05, 0.1) is 13.0 Å². The highest BCUT2D eigenvalue weighted by molar-refractivity contribution is 5.88. The summed E-state index contributed by atoms with van der Waals surface area (Å²) in [4.78, 5) is 41.4. The van der Waals surface area contributed by atoms with Crippen molar-refractivity contribution in [3.63, 3.8) is 0 Å². The minimum absolute atomic E-state index is 0.149. The second-order valence-corrected chi connectivity index (χ2v) is 8.21. The van der Waals surface area contributed by atoms with Crippen LogP contribution in [-0.2, 0) is 25.7 Å². The normalized spacial score (nSPS) is 26.5. The van der Waals surface area contributed by atoms with Crippen LogP contribution in [0.2, 0.25) is 0 Å². The van der Waals surface area contributed by atoms with E-state index in [1.807, 2.05) is 44.4 Å². The smallest absolute Gasteiger partial charge is 0.408 e. The first-order valence-corrected chi connectivity index (χ1v) is 10.4. The zero-order valence-corrected chi connectivity index (χ0v) is 17.9. The molecule has 164 valence electrons. The molecule has 1 saturated heterocycles. The summed E-state index contributed by atoms with van der Waals surface area (Å²) < 4.78 is 10.3. The van der Waals surface area contributed by atoms with Crippen molar-refractivity contribution in [2.75, 3.05) is 27.7 Å². The van der Waals surface area contributed by atoms with Gasteiger partial charge in [0.2, 0.25) is 5.91 Å². The van der Waals surface area contributed by atoms with Gasteiger partial charge in [-0.1, -0.05) is 30.3 Å². The summed E-state index contributed by atoms with van der Waals surface area (Å²) in [6.45, 7) is 0.656. The molecule has 1 saturated carbocycles. The second kappa shape index (κ2) is 9.93. The number of hydrogen-bond donors (Lipinski definition) is 1. The van der Waals surface area contributed by atoms with Crippen LogP contribution >= 0.6 is 0 Å². The number of carbonyl (C=O) groups is 3. The Bertz CT molecular complexity index is 754. The summed E-state index contributed by atoms with van der Waals surface area (Å²) in [5.74, 6) is -0.796. The van der Waals surface area contributed by atoms with Crippen molar-refractivity contribution in [3.8, 4) is 0 Å². The zero-order chi connectivity index (χ0) is 21.7. The molecule has 0 radical (unpaired) electrons. The number of likely N-dealkylation sites (tertiary alicyclic amines) is 1. The number of methoxy groups -OCH3 is 1. The number of rotatable bonds is 6. The topological polar surface area (TPSA) is 88.2 Å². The van der Waals surface area contributed by atoms with E-state index in [4.69, 9.17) is 9.47 Å². The van der Waals surface area contributed by atoms with E-state index in [9.17, 15) is 14.4 Å². The molecule has 3 unspecified atom stereocenters. The maximum atomic E-state index is 13.0. The molecule has 0 aromatic heterocycles. The summed E-state index contributed by atoms with van der Waals surface area (Å²) in [7, 11) is 5.39. The molecule has 2 aliphatic rings. The number of alkyl carbamates (subject to hydrolysis) is 1. The van der Waals surface area contributed by atoms with Gasteiger partial charge in [-0.2, -0.15) is 0 Å². The van der Waals surface area contributed by atoms with E-state index in [1.54, 1.807) is 4.90 Å². The summed E-state index contributed by atoms with van der Waals surface area (Å²) >= 11 is 0. The van der Waals surface area contributed by atoms with Crippen LogP contribution in [0.15, 0.2) is 30.3 Å².